The van der Waals surface area contributed by atoms with E-state index in [-0.39, 0.29) is 11.8 Å². The van der Waals surface area contributed by atoms with Crippen LogP contribution < -0.4 is 10.1 Å². The average Bonchev–Trinajstić information content (AvgIpc) is 2.46. The minimum atomic E-state index is -1.68. The highest BCUT2D eigenvalue weighted by Crippen LogP contribution is 2.37. The summed E-state index contributed by atoms with van der Waals surface area (Å²) in [5, 5.41) is 12.9. The maximum Gasteiger partial charge on any atom is 0.282 e. The van der Waals surface area contributed by atoms with Crippen LogP contribution in [0.1, 0.15) is 20.8 Å². The van der Waals surface area contributed by atoms with E-state index in [2.05, 4.69) is 26.2 Å². The monoisotopic (exact) mass is 398 g/mol. The number of para-hydroxylation sites is 1. The van der Waals surface area contributed by atoms with Gasteiger partial charge in [0.25, 0.3) is 5.12 Å². The number of fused-ring (bicyclic) bond motifs is 1. The molecule has 0 aliphatic rings. The van der Waals surface area contributed by atoms with Gasteiger partial charge < -0.3 is 15.2 Å². The van der Waals surface area contributed by atoms with Crippen LogP contribution in [0.3, 0.4) is 0 Å². The van der Waals surface area contributed by atoms with Crippen molar-refractivity contribution >= 4 is 44.5 Å². The molecule has 0 saturated heterocycles. The third-order valence-electron chi connectivity index (χ3n) is 3.44. The Labute approximate surface area is 147 Å². The van der Waals surface area contributed by atoms with Crippen LogP contribution in [0.5, 0.6) is 5.88 Å². The lowest BCUT2D eigenvalue weighted by atomic mass is 10.0. The van der Waals surface area contributed by atoms with E-state index in [9.17, 15) is 9.90 Å². The van der Waals surface area contributed by atoms with E-state index in [1.165, 1.54) is 6.92 Å². The van der Waals surface area contributed by atoms with E-state index in [0.717, 1.165) is 22.7 Å². The molecule has 0 aliphatic carbocycles. The number of ether oxygens (including phenoxy) is 1. The van der Waals surface area contributed by atoms with Crippen molar-refractivity contribution < 1.29 is 14.6 Å². The van der Waals surface area contributed by atoms with E-state index >= 15 is 0 Å². The number of nitrogens with zero attached hydrogens (tertiary/aromatic N) is 1. The number of aliphatic hydroxyl groups is 1. The number of hydrogen-bond acceptors (Lipinski definition) is 5. The zero-order valence-corrected chi connectivity index (χ0v) is 15.8. The van der Waals surface area contributed by atoms with Crippen LogP contribution in [-0.4, -0.2) is 32.9 Å². The van der Waals surface area contributed by atoms with Crippen molar-refractivity contribution in [3.63, 3.8) is 0 Å². The lowest BCUT2D eigenvalue weighted by Crippen LogP contribution is -2.61. The fraction of sp³-hybridized carbons (Fsp3) is 0.375. The predicted octanol–water partition coefficient (Wildman–Crippen LogP) is 3.30. The first kappa shape index (κ1) is 18.0. The van der Waals surface area contributed by atoms with E-state index < -0.39 is 10.7 Å². The van der Waals surface area contributed by atoms with Crippen molar-refractivity contribution in [2.75, 3.05) is 6.26 Å². The zero-order valence-electron chi connectivity index (χ0n) is 13.4. The topological polar surface area (TPSA) is 71.5 Å². The molecule has 1 atom stereocenters. The minimum absolute atomic E-state index is 0.253. The standard InChI is InChI=1S/C16H19BrN2O3S/c1-10(20)19-15(2,3)16(21,23-4)22-14-12(17)9-11-7-5-6-8-13(11)18-14/h5-9,21H,1-4H3,(H,19,20). The lowest BCUT2D eigenvalue weighted by molar-refractivity contribution is -0.136. The molecule has 0 saturated carbocycles. The molecule has 0 aliphatic heterocycles. The van der Waals surface area contributed by atoms with Crippen LogP contribution in [0, 0.1) is 0 Å². The van der Waals surface area contributed by atoms with Crippen LogP contribution in [-0.2, 0) is 4.79 Å². The summed E-state index contributed by atoms with van der Waals surface area (Å²) in [4.78, 5) is 15.8. The van der Waals surface area contributed by atoms with Crippen molar-refractivity contribution in [2.45, 2.75) is 31.4 Å². The van der Waals surface area contributed by atoms with Crippen molar-refractivity contribution in [1.82, 2.24) is 10.3 Å². The van der Waals surface area contributed by atoms with Gasteiger partial charge in [0.05, 0.1) is 9.99 Å². The molecule has 0 radical (unpaired) electrons. The van der Waals surface area contributed by atoms with Crippen LogP contribution in [0.25, 0.3) is 10.9 Å². The SMILES string of the molecule is CSC(O)(Oc1nc2ccccc2cc1Br)C(C)(C)NC(C)=O. The molecule has 1 aromatic carbocycles. The zero-order chi connectivity index (χ0) is 17.3. The summed E-state index contributed by atoms with van der Waals surface area (Å²) in [5.74, 6) is 0.00980. The second-order valence-corrected chi connectivity index (χ2v) is 7.48. The molecule has 0 bridgehead atoms. The van der Waals surface area contributed by atoms with Crippen LogP contribution in [0.4, 0.5) is 0 Å². The molecular weight excluding hydrogens is 380 g/mol. The predicted molar refractivity (Wildman–Crippen MR) is 96.4 cm³/mol. The van der Waals surface area contributed by atoms with Crippen LogP contribution in [0.15, 0.2) is 34.8 Å². The molecule has 2 aromatic rings. The lowest BCUT2D eigenvalue weighted by Gasteiger charge is -2.40. The molecule has 2 rings (SSSR count). The van der Waals surface area contributed by atoms with Gasteiger partial charge in [-0.1, -0.05) is 30.0 Å². The highest BCUT2D eigenvalue weighted by molar-refractivity contribution is 9.10. The Morgan fingerprint density at radius 3 is 2.65 bits per heavy atom. The number of pyridine rings is 1. The van der Waals surface area contributed by atoms with E-state index in [1.54, 1.807) is 20.1 Å². The van der Waals surface area contributed by atoms with Gasteiger partial charge in [0.15, 0.2) is 0 Å². The molecule has 5 nitrogen and oxygen atoms in total. The Bertz CT molecular complexity index is 738. The van der Waals surface area contributed by atoms with Gasteiger partial charge in [-0.25, -0.2) is 4.98 Å². The first-order valence-electron chi connectivity index (χ1n) is 6.99. The first-order valence-corrected chi connectivity index (χ1v) is 9.01. The van der Waals surface area contributed by atoms with Gasteiger partial charge >= 0.3 is 0 Å². The van der Waals surface area contributed by atoms with Gasteiger partial charge in [-0.2, -0.15) is 0 Å². The maximum atomic E-state index is 11.4. The van der Waals surface area contributed by atoms with E-state index in [0.29, 0.717) is 4.47 Å². The Morgan fingerprint density at radius 2 is 2.04 bits per heavy atom. The number of hydrogen-bond donors (Lipinski definition) is 2. The molecule has 124 valence electrons. The third-order valence-corrected chi connectivity index (χ3v) is 5.15. The number of aromatic nitrogens is 1. The molecule has 23 heavy (non-hydrogen) atoms. The molecule has 0 spiro atoms. The Balaban J connectivity index is 2.41. The fourth-order valence-corrected chi connectivity index (χ4v) is 3.36. The number of thioether (sulfide) groups is 1. The number of amides is 1. The summed E-state index contributed by atoms with van der Waals surface area (Å²) < 4.78 is 6.43. The Morgan fingerprint density at radius 1 is 1.39 bits per heavy atom. The van der Waals surface area contributed by atoms with E-state index in [4.69, 9.17) is 4.74 Å². The van der Waals surface area contributed by atoms with Crippen LogP contribution in [0.2, 0.25) is 0 Å². The molecule has 1 unspecified atom stereocenters. The number of halogens is 1. The fourth-order valence-electron chi connectivity index (χ4n) is 2.22. The van der Waals surface area contributed by atoms with Gasteiger partial charge in [0, 0.05) is 12.3 Å². The second-order valence-electron chi connectivity index (χ2n) is 5.66. The summed E-state index contributed by atoms with van der Waals surface area (Å²) in [6.07, 6.45) is 1.71. The van der Waals surface area contributed by atoms with Crippen molar-refractivity contribution in [3.05, 3.63) is 34.8 Å². The molecule has 1 amide bonds. The van der Waals surface area contributed by atoms with Crippen molar-refractivity contribution in [3.8, 4) is 5.88 Å². The summed E-state index contributed by atoms with van der Waals surface area (Å²) >= 11 is 4.51. The number of rotatable bonds is 5. The number of nitrogens with one attached hydrogen (secondary N) is 1. The van der Waals surface area contributed by atoms with Crippen LogP contribution >= 0.6 is 27.7 Å². The molecule has 7 heteroatoms. The van der Waals surface area contributed by atoms with Gasteiger partial charge in [-0.3, -0.25) is 4.79 Å². The quantitative estimate of drug-likeness (QED) is 0.755. The van der Waals surface area contributed by atoms with Crippen molar-refractivity contribution in [2.24, 2.45) is 0 Å². The molecule has 0 fully saturated rings. The first-order chi connectivity index (χ1) is 10.7. The summed E-state index contributed by atoms with van der Waals surface area (Å²) in [6, 6.07) is 9.50. The smallest absolute Gasteiger partial charge is 0.282 e. The molecular formula is C16H19BrN2O3S. The summed E-state index contributed by atoms with van der Waals surface area (Å²) in [5.41, 5.74) is -0.267. The average molecular weight is 399 g/mol. The maximum absolute atomic E-state index is 11.4. The minimum Gasteiger partial charge on any atom is -0.432 e. The molecule has 1 heterocycles. The third kappa shape index (κ3) is 3.79. The van der Waals surface area contributed by atoms with Crippen molar-refractivity contribution in [1.29, 1.82) is 0 Å². The number of benzene rings is 1. The highest BCUT2D eigenvalue weighted by atomic mass is 79.9. The Hall–Kier alpha value is -1.31. The number of carbonyl (C=O) groups is 1. The normalized spacial score (nSPS) is 14.3. The van der Waals surface area contributed by atoms with Gasteiger partial charge in [-0.05, 0) is 48.2 Å². The largest absolute Gasteiger partial charge is 0.432 e. The van der Waals surface area contributed by atoms with E-state index in [1.807, 2.05) is 30.3 Å². The highest BCUT2D eigenvalue weighted by Gasteiger charge is 2.47. The number of carbonyl (C=O) groups excluding carboxylic acids is 1. The summed E-state index contributed by atoms with van der Waals surface area (Å²) in [6.45, 7) is 4.78. The van der Waals surface area contributed by atoms with Gasteiger partial charge in [-0.15, -0.1) is 0 Å². The Kier molecular flexibility index (Phi) is 5.23. The van der Waals surface area contributed by atoms with Gasteiger partial charge in [0.1, 0.15) is 5.54 Å². The molecule has 2 N–H and O–H groups in total. The molecule has 1 aromatic heterocycles. The van der Waals surface area contributed by atoms with Gasteiger partial charge in [0.2, 0.25) is 11.8 Å². The second kappa shape index (κ2) is 6.67. The summed E-state index contributed by atoms with van der Waals surface area (Å²) in [7, 11) is 0.